The fraction of sp³-hybridized carbons (Fsp3) is 0.643. The van der Waals surface area contributed by atoms with Gasteiger partial charge in [-0.25, -0.2) is 4.98 Å². The molecule has 110 valence electrons. The number of primary amides is 1. The van der Waals surface area contributed by atoms with Gasteiger partial charge in [0.05, 0.1) is 23.0 Å². The Hall–Kier alpha value is -1.43. The number of carbonyl (C=O) groups is 2. The predicted octanol–water partition coefficient (Wildman–Crippen LogP) is 1.53. The largest absolute Gasteiger partial charge is 0.369 e. The van der Waals surface area contributed by atoms with E-state index in [-0.39, 0.29) is 17.7 Å². The lowest BCUT2D eigenvalue weighted by Crippen LogP contribution is -2.44. The molecule has 0 aromatic carbocycles. The van der Waals surface area contributed by atoms with Gasteiger partial charge in [-0.05, 0) is 12.8 Å². The van der Waals surface area contributed by atoms with E-state index in [9.17, 15) is 9.59 Å². The van der Waals surface area contributed by atoms with Crippen LogP contribution in [-0.4, -0.2) is 34.8 Å². The van der Waals surface area contributed by atoms with Gasteiger partial charge in [-0.3, -0.25) is 9.59 Å². The summed E-state index contributed by atoms with van der Waals surface area (Å²) in [6.45, 7) is 5.35. The molecule has 2 amide bonds. The van der Waals surface area contributed by atoms with Crippen molar-refractivity contribution in [3.8, 4) is 0 Å². The van der Waals surface area contributed by atoms with Crippen molar-refractivity contribution in [1.29, 1.82) is 0 Å². The van der Waals surface area contributed by atoms with Crippen LogP contribution in [-0.2, 0) is 16.0 Å². The summed E-state index contributed by atoms with van der Waals surface area (Å²) in [5.74, 6) is -0.0813. The lowest BCUT2D eigenvalue weighted by atomic mass is 9.97. The number of aromatic nitrogens is 1. The molecular weight excluding hydrogens is 274 g/mol. The summed E-state index contributed by atoms with van der Waals surface area (Å²) in [5.41, 5.74) is 6.16. The first-order chi connectivity index (χ1) is 9.47. The second kappa shape index (κ2) is 6.35. The summed E-state index contributed by atoms with van der Waals surface area (Å²) in [6.07, 6.45) is 1.94. The minimum Gasteiger partial charge on any atom is -0.369 e. The molecule has 0 saturated carbocycles. The van der Waals surface area contributed by atoms with Crippen molar-refractivity contribution in [1.82, 2.24) is 9.88 Å². The minimum absolute atomic E-state index is 0.0385. The maximum absolute atomic E-state index is 12.3. The van der Waals surface area contributed by atoms with Gasteiger partial charge in [0.15, 0.2) is 0 Å². The van der Waals surface area contributed by atoms with Crippen LogP contribution in [0.1, 0.15) is 43.3 Å². The standard InChI is InChI=1S/C14H21N3O2S/c1-9(2)14-16-11(8-20-14)6-12(18)17-5-3-4-10(7-17)13(15)19/h8-10H,3-7H2,1-2H3,(H2,15,19)/t10-/m0/s1. The molecule has 5 nitrogen and oxygen atoms in total. The van der Waals surface area contributed by atoms with E-state index in [1.165, 1.54) is 0 Å². The third-order valence-electron chi connectivity index (χ3n) is 3.57. The van der Waals surface area contributed by atoms with Crippen LogP contribution >= 0.6 is 11.3 Å². The Morgan fingerprint density at radius 3 is 2.90 bits per heavy atom. The van der Waals surface area contributed by atoms with Crippen LogP contribution in [0.25, 0.3) is 0 Å². The second-order valence-electron chi connectivity index (χ2n) is 5.59. The number of amides is 2. The molecule has 1 atom stereocenters. The molecule has 2 N–H and O–H groups in total. The molecule has 1 aliphatic heterocycles. The van der Waals surface area contributed by atoms with E-state index in [1.807, 2.05) is 5.38 Å². The van der Waals surface area contributed by atoms with Gasteiger partial charge in [0.2, 0.25) is 11.8 Å². The number of piperidine rings is 1. The number of nitrogens with zero attached hydrogens (tertiary/aromatic N) is 2. The third-order valence-corrected chi connectivity index (χ3v) is 4.77. The Kier molecular flexibility index (Phi) is 4.75. The van der Waals surface area contributed by atoms with E-state index in [4.69, 9.17) is 5.73 Å². The Morgan fingerprint density at radius 1 is 1.55 bits per heavy atom. The van der Waals surface area contributed by atoms with Crippen molar-refractivity contribution in [2.24, 2.45) is 11.7 Å². The first-order valence-corrected chi connectivity index (χ1v) is 7.86. The minimum atomic E-state index is -0.307. The molecule has 20 heavy (non-hydrogen) atoms. The SMILES string of the molecule is CC(C)c1nc(CC(=O)N2CCC[C@H](C(N)=O)C2)cs1. The molecular formula is C14H21N3O2S. The summed E-state index contributed by atoms with van der Waals surface area (Å²) in [7, 11) is 0. The zero-order valence-corrected chi connectivity index (χ0v) is 12.8. The van der Waals surface area contributed by atoms with Gasteiger partial charge in [0.25, 0.3) is 0 Å². The topological polar surface area (TPSA) is 76.3 Å². The van der Waals surface area contributed by atoms with Crippen LogP contribution in [0.2, 0.25) is 0 Å². The molecule has 1 aliphatic rings. The Balaban J connectivity index is 1.95. The number of rotatable bonds is 4. The normalized spacial score (nSPS) is 19.4. The maximum Gasteiger partial charge on any atom is 0.228 e. The quantitative estimate of drug-likeness (QED) is 0.915. The third kappa shape index (κ3) is 3.56. The van der Waals surface area contributed by atoms with Crippen molar-refractivity contribution in [3.63, 3.8) is 0 Å². The van der Waals surface area contributed by atoms with Crippen LogP contribution in [0, 0.1) is 5.92 Å². The highest BCUT2D eigenvalue weighted by Gasteiger charge is 2.27. The van der Waals surface area contributed by atoms with Crippen LogP contribution in [0.15, 0.2) is 5.38 Å². The number of carbonyl (C=O) groups excluding carboxylic acids is 2. The second-order valence-corrected chi connectivity index (χ2v) is 6.48. The van der Waals surface area contributed by atoms with Gasteiger partial charge >= 0.3 is 0 Å². The fourth-order valence-electron chi connectivity index (χ4n) is 2.37. The highest BCUT2D eigenvalue weighted by molar-refractivity contribution is 7.09. The van der Waals surface area contributed by atoms with Crippen molar-refractivity contribution in [2.75, 3.05) is 13.1 Å². The van der Waals surface area contributed by atoms with Crippen molar-refractivity contribution >= 4 is 23.2 Å². The van der Waals surface area contributed by atoms with Crippen molar-refractivity contribution in [3.05, 3.63) is 16.1 Å². The summed E-state index contributed by atoms with van der Waals surface area (Å²) < 4.78 is 0. The first kappa shape index (κ1) is 15.0. The van der Waals surface area contributed by atoms with E-state index in [2.05, 4.69) is 18.8 Å². The zero-order chi connectivity index (χ0) is 14.7. The van der Waals surface area contributed by atoms with Crippen molar-refractivity contribution in [2.45, 2.75) is 39.0 Å². The Labute approximate surface area is 123 Å². The molecule has 1 saturated heterocycles. The molecule has 0 radical (unpaired) electrons. The monoisotopic (exact) mass is 295 g/mol. The fourth-order valence-corrected chi connectivity index (χ4v) is 3.21. The molecule has 2 heterocycles. The molecule has 0 aliphatic carbocycles. The van der Waals surface area contributed by atoms with E-state index < -0.39 is 0 Å². The van der Waals surface area contributed by atoms with Gasteiger partial charge in [-0.15, -0.1) is 11.3 Å². The van der Waals surface area contributed by atoms with Gasteiger partial charge in [0.1, 0.15) is 0 Å². The number of hydrogen-bond donors (Lipinski definition) is 1. The highest BCUT2D eigenvalue weighted by atomic mass is 32.1. The highest BCUT2D eigenvalue weighted by Crippen LogP contribution is 2.21. The Bertz CT molecular complexity index is 498. The summed E-state index contributed by atoms with van der Waals surface area (Å²) >= 11 is 1.60. The molecule has 6 heteroatoms. The average molecular weight is 295 g/mol. The van der Waals surface area contributed by atoms with Gasteiger partial charge in [-0.1, -0.05) is 13.8 Å². The molecule has 1 aromatic rings. The molecule has 0 unspecified atom stereocenters. The molecule has 0 bridgehead atoms. The van der Waals surface area contributed by atoms with Crippen LogP contribution in [0.4, 0.5) is 0 Å². The maximum atomic E-state index is 12.3. The van der Waals surface area contributed by atoms with Crippen molar-refractivity contribution < 1.29 is 9.59 Å². The summed E-state index contributed by atoms with van der Waals surface area (Å²) in [6, 6.07) is 0. The average Bonchev–Trinajstić information content (AvgIpc) is 2.87. The summed E-state index contributed by atoms with van der Waals surface area (Å²) in [4.78, 5) is 29.7. The molecule has 0 spiro atoms. The smallest absolute Gasteiger partial charge is 0.228 e. The molecule has 1 fully saturated rings. The Morgan fingerprint density at radius 2 is 2.30 bits per heavy atom. The lowest BCUT2D eigenvalue weighted by Gasteiger charge is -2.31. The molecule has 1 aromatic heterocycles. The molecule has 2 rings (SSSR count). The van der Waals surface area contributed by atoms with E-state index in [1.54, 1.807) is 16.2 Å². The number of likely N-dealkylation sites (tertiary alicyclic amines) is 1. The van der Waals surface area contributed by atoms with Crippen LogP contribution in [0.3, 0.4) is 0 Å². The van der Waals surface area contributed by atoms with E-state index in [0.29, 0.717) is 25.4 Å². The first-order valence-electron chi connectivity index (χ1n) is 6.98. The summed E-state index contributed by atoms with van der Waals surface area (Å²) in [5, 5.41) is 3.00. The zero-order valence-electron chi connectivity index (χ0n) is 12.0. The number of nitrogens with two attached hydrogens (primary N) is 1. The van der Waals surface area contributed by atoms with Crippen LogP contribution < -0.4 is 5.73 Å². The van der Waals surface area contributed by atoms with E-state index in [0.717, 1.165) is 23.5 Å². The van der Waals surface area contributed by atoms with Gasteiger partial charge in [0, 0.05) is 24.4 Å². The van der Waals surface area contributed by atoms with Gasteiger partial charge < -0.3 is 10.6 Å². The number of thiazole rings is 1. The number of hydrogen-bond acceptors (Lipinski definition) is 4. The lowest BCUT2D eigenvalue weighted by molar-refractivity contribution is -0.134. The van der Waals surface area contributed by atoms with Crippen LogP contribution in [0.5, 0.6) is 0 Å². The van der Waals surface area contributed by atoms with Gasteiger partial charge in [-0.2, -0.15) is 0 Å². The van der Waals surface area contributed by atoms with E-state index >= 15 is 0 Å². The predicted molar refractivity (Wildman–Crippen MR) is 78.4 cm³/mol.